The van der Waals surface area contributed by atoms with E-state index in [0.717, 1.165) is 26.1 Å². The lowest BCUT2D eigenvalue weighted by molar-refractivity contribution is 0.111. The molecule has 1 aliphatic rings. The number of nitrogens with one attached hydrogen (secondary N) is 1. The van der Waals surface area contributed by atoms with E-state index in [9.17, 15) is 0 Å². The molecule has 108 valence electrons. The number of aromatic nitrogens is 1. The van der Waals surface area contributed by atoms with E-state index in [-0.39, 0.29) is 6.10 Å². The van der Waals surface area contributed by atoms with Gasteiger partial charge in [0.25, 0.3) is 0 Å². The summed E-state index contributed by atoms with van der Waals surface area (Å²) in [6, 6.07) is 0. The van der Waals surface area contributed by atoms with Crippen LogP contribution < -0.4 is 5.32 Å². The van der Waals surface area contributed by atoms with Gasteiger partial charge in [-0.05, 0) is 31.2 Å². The van der Waals surface area contributed by atoms with Gasteiger partial charge in [-0.25, -0.2) is 4.98 Å². The van der Waals surface area contributed by atoms with Gasteiger partial charge in [0, 0.05) is 18.0 Å². The van der Waals surface area contributed by atoms with Crippen molar-refractivity contribution in [3.05, 3.63) is 15.6 Å². The first kappa shape index (κ1) is 14.9. The van der Waals surface area contributed by atoms with Crippen LogP contribution >= 0.6 is 11.3 Å². The molecule has 0 aromatic carbocycles. The predicted molar refractivity (Wildman–Crippen MR) is 80.7 cm³/mol. The first-order valence-corrected chi connectivity index (χ1v) is 8.21. The molecule has 1 aliphatic heterocycles. The van der Waals surface area contributed by atoms with Crippen molar-refractivity contribution in [1.29, 1.82) is 0 Å². The van der Waals surface area contributed by atoms with Crippen molar-refractivity contribution in [2.24, 2.45) is 5.92 Å². The molecule has 0 bridgehead atoms. The molecule has 1 saturated heterocycles. The van der Waals surface area contributed by atoms with Gasteiger partial charge >= 0.3 is 0 Å². The van der Waals surface area contributed by atoms with Gasteiger partial charge in [-0.15, -0.1) is 11.3 Å². The Hall–Kier alpha value is -0.450. The van der Waals surface area contributed by atoms with Crippen LogP contribution in [0.25, 0.3) is 0 Å². The summed E-state index contributed by atoms with van der Waals surface area (Å²) in [5.74, 6) is 1.18. The van der Waals surface area contributed by atoms with Crippen molar-refractivity contribution in [3.63, 3.8) is 0 Å². The van der Waals surface area contributed by atoms with E-state index in [0.29, 0.717) is 11.8 Å². The maximum Gasteiger partial charge on any atom is 0.122 e. The van der Waals surface area contributed by atoms with Crippen LogP contribution in [0.4, 0.5) is 0 Å². The SMILES string of the molecule is CC(C)CNCc1sc(C2CCCO2)nc1C(C)C. The maximum absolute atomic E-state index is 5.76. The highest BCUT2D eigenvalue weighted by Crippen LogP contribution is 2.35. The Kier molecular flexibility index (Phi) is 5.37. The lowest BCUT2D eigenvalue weighted by Crippen LogP contribution is -2.19. The van der Waals surface area contributed by atoms with E-state index in [4.69, 9.17) is 9.72 Å². The third-order valence-corrected chi connectivity index (χ3v) is 4.50. The molecule has 0 spiro atoms. The quantitative estimate of drug-likeness (QED) is 0.860. The first-order valence-electron chi connectivity index (χ1n) is 7.39. The van der Waals surface area contributed by atoms with Crippen LogP contribution in [0.5, 0.6) is 0 Å². The fourth-order valence-corrected chi connectivity index (χ4v) is 3.62. The largest absolute Gasteiger partial charge is 0.371 e. The van der Waals surface area contributed by atoms with Crippen molar-refractivity contribution in [3.8, 4) is 0 Å². The monoisotopic (exact) mass is 282 g/mol. The third-order valence-electron chi connectivity index (χ3n) is 3.33. The third kappa shape index (κ3) is 4.01. The molecule has 1 unspecified atom stereocenters. The number of nitrogens with zero attached hydrogens (tertiary/aromatic N) is 1. The zero-order valence-corrected chi connectivity index (χ0v) is 13.3. The average molecular weight is 282 g/mol. The lowest BCUT2D eigenvalue weighted by atomic mass is 10.1. The van der Waals surface area contributed by atoms with E-state index in [1.807, 2.05) is 11.3 Å². The highest BCUT2D eigenvalue weighted by molar-refractivity contribution is 7.11. The Morgan fingerprint density at radius 3 is 2.74 bits per heavy atom. The molecule has 0 saturated carbocycles. The van der Waals surface area contributed by atoms with Crippen LogP contribution in [-0.4, -0.2) is 18.1 Å². The van der Waals surface area contributed by atoms with E-state index in [1.54, 1.807) is 0 Å². The standard InChI is InChI=1S/C15H26N2OS/c1-10(2)8-16-9-13-14(11(3)4)17-15(19-13)12-6-5-7-18-12/h10-12,16H,5-9H2,1-4H3. The molecule has 0 aliphatic carbocycles. The van der Waals surface area contributed by atoms with Gasteiger partial charge in [0.1, 0.15) is 11.1 Å². The molecule has 2 rings (SSSR count). The molecule has 2 heterocycles. The Balaban J connectivity index is 2.06. The summed E-state index contributed by atoms with van der Waals surface area (Å²) in [5, 5.41) is 4.71. The highest BCUT2D eigenvalue weighted by Gasteiger charge is 2.24. The van der Waals surface area contributed by atoms with Crippen LogP contribution in [0.2, 0.25) is 0 Å². The van der Waals surface area contributed by atoms with E-state index in [1.165, 1.54) is 22.0 Å². The number of hydrogen-bond acceptors (Lipinski definition) is 4. The van der Waals surface area contributed by atoms with Gasteiger partial charge < -0.3 is 10.1 Å². The first-order chi connectivity index (χ1) is 9.08. The minimum atomic E-state index is 0.251. The molecule has 1 aromatic heterocycles. The second-order valence-electron chi connectivity index (χ2n) is 6.04. The summed E-state index contributed by atoms with van der Waals surface area (Å²) in [4.78, 5) is 6.23. The second kappa shape index (κ2) is 6.82. The zero-order chi connectivity index (χ0) is 13.8. The topological polar surface area (TPSA) is 34.1 Å². The minimum absolute atomic E-state index is 0.251. The van der Waals surface area contributed by atoms with Crippen molar-refractivity contribution in [2.45, 2.75) is 59.1 Å². The number of thiazole rings is 1. The van der Waals surface area contributed by atoms with Crippen LogP contribution in [-0.2, 0) is 11.3 Å². The van der Waals surface area contributed by atoms with Gasteiger partial charge in [-0.1, -0.05) is 27.7 Å². The summed E-state index contributed by atoms with van der Waals surface area (Å²) < 4.78 is 5.76. The Morgan fingerprint density at radius 2 is 2.16 bits per heavy atom. The summed E-state index contributed by atoms with van der Waals surface area (Å²) >= 11 is 1.84. The van der Waals surface area contributed by atoms with Crippen molar-refractivity contribution < 1.29 is 4.74 Å². The van der Waals surface area contributed by atoms with Gasteiger partial charge in [-0.2, -0.15) is 0 Å². The second-order valence-corrected chi connectivity index (χ2v) is 7.16. The molecule has 1 aromatic rings. The summed E-state index contributed by atoms with van der Waals surface area (Å²) in [6.07, 6.45) is 2.55. The van der Waals surface area contributed by atoms with Crippen molar-refractivity contribution >= 4 is 11.3 Å². The number of ether oxygens (including phenoxy) is 1. The molecule has 4 heteroatoms. The molecule has 1 N–H and O–H groups in total. The van der Waals surface area contributed by atoms with E-state index >= 15 is 0 Å². The number of hydrogen-bond donors (Lipinski definition) is 1. The molecule has 0 radical (unpaired) electrons. The molecule has 3 nitrogen and oxygen atoms in total. The van der Waals surface area contributed by atoms with Crippen molar-refractivity contribution in [2.75, 3.05) is 13.2 Å². The molecule has 19 heavy (non-hydrogen) atoms. The lowest BCUT2D eigenvalue weighted by Gasteiger charge is -2.08. The van der Waals surface area contributed by atoms with Gasteiger partial charge in [-0.3, -0.25) is 0 Å². The predicted octanol–water partition coefficient (Wildman–Crippen LogP) is 3.86. The smallest absolute Gasteiger partial charge is 0.122 e. The van der Waals surface area contributed by atoms with Gasteiger partial charge in [0.05, 0.1) is 5.69 Å². The highest BCUT2D eigenvalue weighted by atomic mass is 32.1. The van der Waals surface area contributed by atoms with E-state index < -0.39 is 0 Å². The Labute approximate surface area is 120 Å². The van der Waals surface area contributed by atoms with Crippen LogP contribution in [0.3, 0.4) is 0 Å². The van der Waals surface area contributed by atoms with E-state index in [2.05, 4.69) is 33.0 Å². The van der Waals surface area contributed by atoms with Gasteiger partial charge in [0.15, 0.2) is 0 Å². The molecule has 1 fully saturated rings. The molecule has 1 atom stereocenters. The van der Waals surface area contributed by atoms with Gasteiger partial charge in [0.2, 0.25) is 0 Å². The number of rotatable bonds is 6. The molecule has 0 amide bonds. The molecular weight excluding hydrogens is 256 g/mol. The summed E-state index contributed by atoms with van der Waals surface area (Å²) in [6.45, 7) is 11.8. The fraction of sp³-hybridized carbons (Fsp3) is 0.800. The van der Waals surface area contributed by atoms with Crippen LogP contribution in [0.1, 0.15) is 68.1 Å². The van der Waals surface area contributed by atoms with Crippen LogP contribution in [0, 0.1) is 5.92 Å². The normalized spacial score (nSPS) is 19.8. The Bertz CT molecular complexity index is 395. The molecular formula is C15H26N2OS. The zero-order valence-electron chi connectivity index (χ0n) is 12.5. The Morgan fingerprint density at radius 1 is 1.37 bits per heavy atom. The van der Waals surface area contributed by atoms with Crippen LogP contribution in [0.15, 0.2) is 0 Å². The minimum Gasteiger partial charge on any atom is -0.371 e. The fourth-order valence-electron chi connectivity index (χ4n) is 2.34. The average Bonchev–Trinajstić information content (AvgIpc) is 2.96. The summed E-state index contributed by atoms with van der Waals surface area (Å²) in [7, 11) is 0. The van der Waals surface area contributed by atoms with Crippen molar-refractivity contribution in [1.82, 2.24) is 10.3 Å². The summed E-state index contributed by atoms with van der Waals surface area (Å²) in [5.41, 5.74) is 1.26. The maximum atomic E-state index is 5.76.